The number of thiazole rings is 1. The Hall–Kier alpha value is -3.19. The summed E-state index contributed by atoms with van der Waals surface area (Å²) in [7, 11) is 0. The Morgan fingerprint density at radius 2 is 1.85 bits per heavy atom. The lowest BCUT2D eigenvalue weighted by Crippen LogP contribution is -2.23. The van der Waals surface area contributed by atoms with Crippen LogP contribution in [0.5, 0.6) is 0 Å². The molecule has 1 fully saturated rings. The number of amides is 1. The zero-order valence-electron chi connectivity index (χ0n) is 14.3. The molecule has 1 aliphatic rings. The van der Waals surface area contributed by atoms with Gasteiger partial charge in [0.15, 0.2) is 5.13 Å². The molecule has 1 N–H and O–H groups in total. The van der Waals surface area contributed by atoms with E-state index in [2.05, 4.69) is 10.3 Å². The number of carboxylic acids is 1. The Balaban J connectivity index is 1.47. The largest absolute Gasteiger partial charge is 0.545 e. The minimum absolute atomic E-state index is 0.136. The Kier molecular flexibility index (Phi) is 4.60. The van der Waals surface area contributed by atoms with Crippen molar-refractivity contribution in [1.82, 2.24) is 4.98 Å². The summed E-state index contributed by atoms with van der Waals surface area (Å²) in [6, 6.07) is 14.2. The van der Waals surface area contributed by atoms with Crippen molar-refractivity contribution in [3.05, 3.63) is 59.5 Å². The van der Waals surface area contributed by atoms with Crippen molar-refractivity contribution in [2.24, 2.45) is 0 Å². The smallest absolute Gasteiger partial charge is 0.227 e. The Labute approximate surface area is 160 Å². The van der Waals surface area contributed by atoms with Gasteiger partial charge >= 0.3 is 0 Å². The summed E-state index contributed by atoms with van der Waals surface area (Å²) in [4.78, 5) is 29.0. The Morgan fingerprint density at radius 3 is 2.48 bits per heavy atom. The molecule has 1 aliphatic heterocycles. The average molecular weight is 378 g/mol. The second kappa shape index (κ2) is 7.20. The molecule has 6 nitrogen and oxygen atoms in total. The van der Waals surface area contributed by atoms with Crippen LogP contribution < -0.4 is 15.3 Å². The predicted molar refractivity (Wildman–Crippen MR) is 103 cm³/mol. The van der Waals surface area contributed by atoms with E-state index in [1.54, 1.807) is 12.1 Å². The first-order valence-corrected chi connectivity index (χ1v) is 9.43. The zero-order valence-corrected chi connectivity index (χ0v) is 15.2. The molecule has 2 aromatic carbocycles. The highest BCUT2D eigenvalue weighted by molar-refractivity contribution is 7.14. The van der Waals surface area contributed by atoms with Crippen LogP contribution in [0.25, 0.3) is 11.3 Å². The Morgan fingerprint density at radius 1 is 1.11 bits per heavy atom. The molecule has 1 saturated heterocycles. The maximum absolute atomic E-state index is 11.8. The van der Waals surface area contributed by atoms with Crippen LogP contribution in [0.2, 0.25) is 0 Å². The van der Waals surface area contributed by atoms with E-state index in [9.17, 15) is 14.7 Å². The van der Waals surface area contributed by atoms with Gasteiger partial charge in [-0.1, -0.05) is 24.3 Å². The molecule has 0 spiro atoms. The third-order valence-corrected chi connectivity index (χ3v) is 5.18. The number of carbonyl (C=O) groups is 2. The van der Waals surface area contributed by atoms with Gasteiger partial charge in [0.25, 0.3) is 0 Å². The summed E-state index contributed by atoms with van der Waals surface area (Å²) in [5, 5.41) is 16.6. The monoisotopic (exact) mass is 378 g/mol. The van der Waals surface area contributed by atoms with Crippen LogP contribution in [0.4, 0.5) is 16.5 Å². The number of anilines is 3. The Bertz CT molecular complexity index is 980. The van der Waals surface area contributed by atoms with Crippen LogP contribution in [0.15, 0.2) is 53.9 Å². The summed E-state index contributed by atoms with van der Waals surface area (Å²) in [6.07, 6.45) is 1.53. The van der Waals surface area contributed by atoms with Gasteiger partial charge in [-0.15, -0.1) is 11.3 Å². The lowest BCUT2D eigenvalue weighted by molar-refractivity contribution is -0.255. The van der Waals surface area contributed by atoms with Gasteiger partial charge in [-0.3, -0.25) is 4.79 Å². The molecule has 3 aromatic rings. The normalized spacial score (nSPS) is 13.8. The van der Waals surface area contributed by atoms with Crippen molar-refractivity contribution in [3.63, 3.8) is 0 Å². The van der Waals surface area contributed by atoms with Crippen molar-refractivity contribution in [1.29, 1.82) is 0 Å². The molecule has 1 aromatic heterocycles. The fourth-order valence-corrected chi connectivity index (χ4v) is 3.75. The predicted octanol–water partition coefficient (Wildman–Crippen LogP) is 3.04. The number of carbonyl (C=O) groups excluding carboxylic acids is 2. The SMILES string of the molecule is O=C([O-])c1ccc(Nc2nc(-c3ccc(N4CCCC4=O)cc3)cs2)cc1. The van der Waals surface area contributed by atoms with Crippen molar-refractivity contribution in [2.75, 3.05) is 16.8 Å². The second-order valence-corrected chi connectivity index (χ2v) is 7.08. The standard InChI is InChI=1S/C20H17N3O3S/c24-18-2-1-11-23(18)16-9-5-13(6-10-16)17-12-27-20(22-17)21-15-7-3-14(4-8-15)19(25)26/h3-10,12H,1-2,11H2,(H,21,22)(H,25,26)/p-1. The van der Waals surface area contributed by atoms with Crippen molar-refractivity contribution in [2.45, 2.75) is 12.8 Å². The molecular weight excluding hydrogens is 362 g/mol. The zero-order chi connectivity index (χ0) is 18.8. The van der Waals surface area contributed by atoms with E-state index in [4.69, 9.17) is 0 Å². The highest BCUT2D eigenvalue weighted by Crippen LogP contribution is 2.29. The summed E-state index contributed by atoms with van der Waals surface area (Å²) in [6.45, 7) is 0.777. The number of carboxylic acid groups (broad SMARTS) is 1. The highest BCUT2D eigenvalue weighted by Gasteiger charge is 2.21. The fraction of sp³-hybridized carbons (Fsp3) is 0.150. The van der Waals surface area contributed by atoms with E-state index in [-0.39, 0.29) is 11.5 Å². The molecule has 27 heavy (non-hydrogen) atoms. The number of hydrogen-bond acceptors (Lipinski definition) is 6. The van der Waals surface area contributed by atoms with Crippen LogP contribution in [0, 0.1) is 0 Å². The first kappa shape index (κ1) is 17.2. The third kappa shape index (κ3) is 3.68. The van der Waals surface area contributed by atoms with Gasteiger partial charge in [0.1, 0.15) is 0 Å². The number of rotatable bonds is 5. The topological polar surface area (TPSA) is 85.4 Å². The van der Waals surface area contributed by atoms with Gasteiger partial charge in [-0.2, -0.15) is 0 Å². The average Bonchev–Trinajstić information content (AvgIpc) is 3.31. The van der Waals surface area contributed by atoms with Crippen molar-refractivity contribution in [3.8, 4) is 11.3 Å². The summed E-state index contributed by atoms with van der Waals surface area (Å²) >= 11 is 1.46. The van der Waals surface area contributed by atoms with Gasteiger partial charge in [0.2, 0.25) is 5.91 Å². The summed E-state index contributed by atoms with van der Waals surface area (Å²) in [5.74, 6) is -1.02. The molecule has 7 heteroatoms. The minimum atomic E-state index is -1.20. The van der Waals surface area contributed by atoms with E-state index in [0.717, 1.165) is 35.6 Å². The number of nitrogens with zero attached hydrogens (tertiary/aromatic N) is 2. The number of aromatic nitrogens is 1. The van der Waals surface area contributed by atoms with Crippen LogP contribution in [0.3, 0.4) is 0 Å². The van der Waals surface area contributed by atoms with Gasteiger partial charge in [-0.25, -0.2) is 4.98 Å². The molecule has 1 amide bonds. The molecule has 0 radical (unpaired) electrons. The first-order chi connectivity index (χ1) is 13.1. The van der Waals surface area contributed by atoms with E-state index in [1.165, 1.54) is 23.5 Å². The second-order valence-electron chi connectivity index (χ2n) is 6.22. The van der Waals surface area contributed by atoms with Gasteiger partial charge in [0.05, 0.1) is 11.7 Å². The molecule has 0 atom stereocenters. The van der Waals surface area contributed by atoms with Crippen LogP contribution in [-0.2, 0) is 4.79 Å². The summed E-state index contributed by atoms with van der Waals surface area (Å²) in [5.41, 5.74) is 3.62. The number of nitrogens with one attached hydrogen (secondary N) is 1. The third-order valence-electron chi connectivity index (χ3n) is 4.42. The van der Waals surface area contributed by atoms with E-state index >= 15 is 0 Å². The fourth-order valence-electron chi connectivity index (χ4n) is 3.01. The van der Waals surface area contributed by atoms with E-state index in [1.807, 2.05) is 34.5 Å². The number of benzene rings is 2. The lowest BCUT2D eigenvalue weighted by atomic mass is 10.1. The molecule has 0 saturated carbocycles. The molecule has 136 valence electrons. The maximum atomic E-state index is 11.8. The highest BCUT2D eigenvalue weighted by atomic mass is 32.1. The van der Waals surface area contributed by atoms with E-state index < -0.39 is 5.97 Å². The lowest BCUT2D eigenvalue weighted by Gasteiger charge is -2.15. The number of hydrogen-bond donors (Lipinski definition) is 1. The molecule has 4 rings (SSSR count). The molecule has 0 unspecified atom stereocenters. The number of aromatic carboxylic acids is 1. The van der Waals surface area contributed by atoms with Crippen LogP contribution in [0.1, 0.15) is 23.2 Å². The van der Waals surface area contributed by atoms with Crippen molar-refractivity contribution >= 4 is 39.7 Å². The molecule has 2 heterocycles. The van der Waals surface area contributed by atoms with Crippen molar-refractivity contribution < 1.29 is 14.7 Å². The maximum Gasteiger partial charge on any atom is 0.227 e. The first-order valence-electron chi connectivity index (χ1n) is 8.55. The van der Waals surface area contributed by atoms with Crippen LogP contribution in [-0.4, -0.2) is 23.4 Å². The van der Waals surface area contributed by atoms with E-state index in [0.29, 0.717) is 11.6 Å². The van der Waals surface area contributed by atoms with Gasteiger partial charge < -0.3 is 20.1 Å². The molecular formula is C20H16N3O3S-. The quantitative estimate of drug-likeness (QED) is 0.738. The minimum Gasteiger partial charge on any atom is -0.545 e. The summed E-state index contributed by atoms with van der Waals surface area (Å²) < 4.78 is 0. The molecule has 0 bridgehead atoms. The van der Waals surface area contributed by atoms with Gasteiger partial charge in [0, 0.05) is 35.3 Å². The van der Waals surface area contributed by atoms with Crippen LogP contribution >= 0.6 is 11.3 Å². The van der Waals surface area contributed by atoms with Gasteiger partial charge in [-0.05, 0) is 36.2 Å². The molecule has 0 aliphatic carbocycles.